The Hall–Kier alpha value is -0.610. The number of piperidine rings is 1. The number of hydrogen-bond donors (Lipinski definition) is 1. The maximum absolute atomic E-state index is 12.0. The molecule has 0 aliphatic carbocycles. The largest absolute Gasteiger partial charge is 0.346 e. The molecule has 1 fully saturated rings. The number of hydrogen-bond acceptors (Lipinski definition) is 3. The summed E-state index contributed by atoms with van der Waals surface area (Å²) in [5, 5.41) is 3.42. The fourth-order valence-corrected chi connectivity index (χ4v) is 2.21. The first kappa shape index (κ1) is 14.5. The van der Waals surface area contributed by atoms with E-state index in [1.165, 1.54) is 12.8 Å². The molecule has 1 aliphatic rings. The van der Waals surface area contributed by atoms with Crippen LogP contribution in [-0.4, -0.2) is 62.5 Å². The van der Waals surface area contributed by atoms with Gasteiger partial charge in [-0.05, 0) is 46.4 Å². The Morgan fingerprint density at radius 2 is 2.00 bits per heavy atom. The zero-order valence-electron chi connectivity index (χ0n) is 11.5. The van der Waals surface area contributed by atoms with Crippen molar-refractivity contribution < 1.29 is 4.79 Å². The van der Waals surface area contributed by atoms with Crippen LogP contribution in [0, 0.1) is 0 Å². The van der Waals surface area contributed by atoms with Gasteiger partial charge in [-0.1, -0.05) is 6.42 Å². The molecule has 0 saturated carbocycles. The van der Waals surface area contributed by atoms with E-state index in [2.05, 4.69) is 24.3 Å². The van der Waals surface area contributed by atoms with Gasteiger partial charge in [-0.25, -0.2) is 0 Å². The van der Waals surface area contributed by atoms with Crippen molar-refractivity contribution >= 4 is 5.91 Å². The summed E-state index contributed by atoms with van der Waals surface area (Å²) in [6.45, 7) is 2.98. The molecule has 0 aromatic heterocycles. The first-order chi connectivity index (χ1) is 8.09. The van der Waals surface area contributed by atoms with E-state index >= 15 is 0 Å². The highest BCUT2D eigenvalue weighted by Crippen LogP contribution is 2.11. The zero-order chi connectivity index (χ0) is 12.7. The highest BCUT2D eigenvalue weighted by atomic mass is 16.2. The molecule has 1 atom stereocenters. The summed E-state index contributed by atoms with van der Waals surface area (Å²) >= 11 is 0. The second kappa shape index (κ2) is 7.67. The zero-order valence-corrected chi connectivity index (χ0v) is 11.5. The predicted octanol–water partition coefficient (Wildman–Crippen LogP) is 0.929. The van der Waals surface area contributed by atoms with Crippen molar-refractivity contribution in [1.82, 2.24) is 15.1 Å². The molecule has 1 N–H and O–H groups in total. The first-order valence-electron chi connectivity index (χ1n) is 6.71. The van der Waals surface area contributed by atoms with Crippen molar-refractivity contribution in [2.24, 2.45) is 0 Å². The van der Waals surface area contributed by atoms with Crippen LogP contribution in [0.1, 0.15) is 32.1 Å². The van der Waals surface area contributed by atoms with Gasteiger partial charge in [0.2, 0.25) is 5.91 Å². The van der Waals surface area contributed by atoms with E-state index < -0.39 is 0 Å². The van der Waals surface area contributed by atoms with Crippen LogP contribution in [0.25, 0.3) is 0 Å². The lowest BCUT2D eigenvalue weighted by molar-refractivity contribution is -0.130. The van der Waals surface area contributed by atoms with Gasteiger partial charge in [0.05, 0.1) is 0 Å². The molecule has 4 nitrogen and oxygen atoms in total. The fourth-order valence-electron chi connectivity index (χ4n) is 2.21. The summed E-state index contributed by atoms with van der Waals surface area (Å²) in [6.07, 6.45) is 5.38. The van der Waals surface area contributed by atoms with Gasteiger partial charge in [0.25, 0.3) is 0 Å². The van der Waals surface area contributed by atoms with Crippen LogP contribution in [0.3, 0.4) is 0 Å². The maximum atomic E-state index is 12.0. The number of nitrogens with one attached hydrogen (secondary N) is 1. The molecule has 1 unspecified atom stereocenters. The highest BCUT2D eigenvalue weighted by Gasteiger charge is 2.18. The van der Waals surface area contributed by atoms with Crippen LogP contribution in [-0.2, 0) is 4.79 Å². The molecule has 1 amide bonds. The van der Waals surface area contributed by atoms with Gasteiger partial charge in [0, 0.05) is 26.1 Å². The number of carbonyl (C=O) groups is 1. The van der Waals surface area contributed by atoms with E-state index in [0.29, 0.717) is 12.5 Å². The van der Waals surface area contributed by atoms with Crippen LogP contribution in [0.15, 0.2) is 0 Å². The predicted molar refractivity (Wildman–Crippen MR) is 71.1 cm³/mol. The standard InChI is InChI=1S/C13H27N3O/c1-15(2)9-6-10-16(3)13(17)11-12-7-4-5-8-14-12/h12,14H,4-11H2,1-3H3. The van der Waals surface area contributed by atoms with E-state index in [1.807, 2.05) is 11.9 Å². The van der Waals surface area contributed by atoms with E-state index in [1.54, 1.807) is 0 Å². The SMILES string of the molecule is CN(C)CCCN(C)C(=O)CC1CCCCN1. The lowest BCUT2D eigenvalue weighted by atomic mass is 10.0. The lowest BCUT2D eigenvalue weighted by Crippen LogP contribution is -2.39. The fraction of sp³-hybridized carbons (Fsp3) is 0.923. The van der Waals surface area contributed by atoms with Gasteiger partial charge in [0.1, 0.15) is 0 Å². The van der Waals surface area contributed by atoms with Gasteiger partial charge in [-0.2, -0.15) is 0 Å². The van der Waals surface area contributed by atoms with Crippen molar-refractivity contribution in [3.8, 4) is 0 Å². The minimum Gasteiger partial charge on any atom is -0.346 e. The maximum Gasteiger partial charge on any atom is 0.223 e. The molecule has 1 heterocycles. The Morgan fingerprint density at radius 1 is 1.24 bits per heavy atom. The Labute approximate surface area is 105 Å². The Balaban J connectivity index is 2.16. The molecule has 0 aromatic rings. The quantitative estimate of drug-likeness (QED) is 0.751. The van der Waals surface area contributed by atoms with E-state index in [4.69, 9.17) is 0 Å². The average molecular weight is 241 g/mol. The van der Waals surface area contributed by atoms with Gasteiger partial charge in [0.15, 0.2) is 0 Å². The molecular weight excluding hydrogens is 214 g/mol. The highest BCUT2D eigenvalue weighted by molar-refractivity contribution is 5.76. The summed E-state index contributed by atoms with van der Waals surface area (Å²) in [5.41, 5.74) is 0. The summed E-state index contributed by atoms with van der Waals surface area (Å²) in [5.74, 6) is 0.281. The molecule has 1 saturated heterocycles. The first-order valence-corrected chi connectivity index (χ1v) is 6.71. The van der Waals surface area contributed by atoms with Crippen LogP contribution >= 0.6 is 0 Å². The third-order valence-corrected chi connectivity index (χ3v) is 3.36. The number of nitrogens with zero attached hydrogens (tertiary/aromatic N) is 2. The Bertz CT molecular complexity index is 225. The minimum atomic E-state index is 0.281. The number of carbonyl (C=O) groups excluding carboxylic acids is 1. The van der Waals surface area contributed by atoms with Gasteiger partial charge in [-0.15, -0.1) is 0 Å². The molecule has 1 aliphatic heterocycles. The van der Waals surface area contributed by atoms with Crippen LogP contribution < -0.4 is 5.32 Å². The van der Waals surface area contributed by atoms with E-state index in [9.17, 15) is 4.79 Å². The van der Waals surface area contributed by atoms with Crippen molar-refractivity contribution in [3.63, 3.8) is 0 Å². The van der Waals surface area contributed by atoms with Crippen LogP contribution in [0.2, 0.25) is 0 Å². The second-order valence-corrected chi connectivity index (χ2v) is 5.32. The van der Waals surface area contributed by atoms with Crippen molar-refractivity contribution in [3.05, 3.63) is 0 Å². The molecule has 0 aromatic carbocycles. The van der Waals surface area contributed by atoms with E-state index in [0.717, 1.165) is 32.5 Å². The molecule has 0 spiro atoms. The molecule has 100 valence electrons. The summed E-state index contributed by atoms with van der Waals surface area (Å²) < 4.78 is 0. The monoisotopic (exact) mass is 241 g/mol. The topological polar surface area (TPSA) is 35.6 Å². The van der Waals surface area contributed by atoms with Gasteiger partial charge in [-0.3, -0.25) is 4.79 Å². The number of rotatable bonds is 6. The third-order valence-electron chi connectivity index (χ3n) is 3.36. The van der Waals surface area contributed by atoms with Crippen molar-refractivity contribution in [2.45, 2.75) is 38.1 Å². The van der Waals surface area contributed by atoms with Gasteiger partial charge >= 0.3 is 0 Å². The normalized spacial score (nSPS) is 20.6. The Kier molecular flexibility index (Phi) is 6.52. The van der Waals surface area contributed by atoms with Gasteiger partial charge < -0.3 is 15.1 Å². The summed E-state index contributed by atoms with van der Waals surface area (Å²) in [7, 11) is 6.04. The second-order valence-electron chi connectivity index (χ2n) is 5.32. The molecular formula is C13H27N3O. The lowest BCUT2D eigenvalue weighted by Gasteiger charge is -2.25. The Morgan fingerprint density at radius 3 is 2.59 bits per heavy atom. The van der Waals surface area contributed by atoms with Crippen LogP contribution in [0.4, 0.5) is 0 Å². The smallest absolute Gasteiger partial charge is 0.223 e. The average Bonchev–Trinajstić information content (AvgIpc) is 2.29. The molecule has 0 bridgehead atoms. The van der Waals surface area contributed by atoms with E-state index in [-0.39, 0.29) is 5.91 Å². The third kappa shape index (κ3) is 6.03. The molecule has 4 heteroatoms. The minimum absolute atomic E-state index is 0.281. The molecule has 0 radical (unpaired) electrons. The van der Waals surface area contributed by atoms with Crippen LogP contribution in [0.5, 0.6) is 0 Å². The van der Waals surface area contributed by atoms with Crippen molar-refractivity contribution in [1.29, 1.82) is 0 Å². The number of amides is 1. The van der Waals surface area contributed by atoms with Crippen molar-refractivity contribution in [2.75, 3.05) is 40.8 Å². The summed E-state index contributed by atoms with van der Waals surface area (Å²) in [6, 6.07) is 0.410. The summed E-state index contributed by atoms with van der Waals surface area (Å²) in [4.78, 5) is 16.0. The molecule has 17 heavy (non-hydrogen) atoms. The molecule has 1 rings (SSSR count).